The number of carbonyl (C=O) groups is 1. The topological polar surface area (TPSA) is 97.1 Å². The molecule has 134 valence electrons. The summed E-state index contributed by atoms with van der Waals surface area (Å²) in [7, 11) is 1.62. The van der Waals surface area contributed by atoms with Gasteiger partial charge in [0, 0.05) is 12.1 Å². The number of aromatic nitrogens is 4. The Bertz CT molecular complexity index is 873. The molecule has 4 rings (SSSR count). The van der Waals surface area contributed by atoms with E-state index in [0.29, 0.717) is 23.8 Å². The molecule has 8 nitrogen and oxygen atoms in total. The van der Waals surface area contributed by atoms with Crippen molar-refractivity contribution in [1.29, 1.82) is 0 Å². The van der Waals surface area contributed by atoms with Crippen molar-refractivity contribution in [3.63, 3.8) is 0 Å². The van der Waals surface area contributed by atoms with E-state index in [4.69, 9.17) is 9.26 Å². The summed E-state index contributed by atoms with van der Waals surface area (Å²) in [5, 5.41) is 11.1. The highest BCUT2D eigenvalue weighted by molar-refractivity contribution is 5.93. The number of hydrogen-bond donors (Lipinski definition) is 1. The van der Waals surface area contributed by atoms with Gasteiger partial charge in [-0.1, -0.05) is 5.16 Å². The highest BCUT2D eigenvalue weighted by Gasteiger charge is 2.32. The number of hydrogen-bond acceptors (Lipinski definition) is 6. The molecule has 1 aliphatic heterocycles. The van der Waals surface area contributed by atoms with Gasteiger partial charge >= 0.3 is 0 Å². The third-order valence-electron chi connectivity index (χ3n) is 4.63. The van der Waals surface area contributed by atoms with Crippen LogP contribution in [0.1, 0.15) is 41.6 Å². The molecule has 26 heavy (non-hydrogen) atoms. The van der Waals surface area contributed by atoms with Crippen LogP contribution in [0.4, 0.5) is 0 Å². The van der Waals surface area contributed by atoms with Crippen molar-refractivity contribution in [3.05, 3.63) is 48.2 Å². The summed E-state index contributed by atoms with van der Waals surface area (Å²) in [5.41, 5.74) is 2.07. The van der Waals surface area contributed by atoms with Crippen LogP contribution in [-0.2, 0) is 0 Å². The fraction of sp³-hybridized carbons (Fsp3) is 0.333. The summed E-state index contributed by atoms with van der Waals surface area (Å²) < 4.78 is 10.0. The Labute approximate surface area is 150 Å². The van der Waals surface area contributed by atoms with Crippen molar-refractivity contribution in [2.24, 2.45) is 0 Å². The lowest BCUT2D eigenvalue weighted by molar-refractivity contribution is 0.0590. The van der Waals surface area contributed by atoms with Crippen LogP contribution in [0, 0.1) is 0 Å². The fourth-order valence-corrected chi connectivity index (χ4v) is 3.26. The van der Waals surface area contributed by atoms with Crippen LogP contribution in [0.2, 0.25) is 0 Å². The highest BCUT2D eigenvalue weighted by Crippen LogP contribution is 2.30. The van der Waals surface area contributed by atoms with Gasteiger partial charge in [-0.15, -0.1) is 0 Å². The first-order valence-corrected chi connectivity index (χ1v) is 8.53. The van der Waals surface area contributed by atoms with Gasteiger partial charge in [0.2, 0.25) is 6.39 Å². The number of benzene rings is 1. The number of nitrogens with zero attached hydrogens (tertiary/aromatic N) is 4. The van der Waals surface area contributed by atoms with E-state index in [1.807, 2.05) is 24.3 Å². The predicted octanol–water partition coefficient (Wildman–Crippen LogP) is 2.84. The molecule has 1 atom stereocenters. The molecule has 0 saturated carbocycles. The van der Waals surface area contributed by atoms with E-state index >= 15 is 0 Å². The minimum absolute atomic E-state index is 0.105. The number of piperidine rings is 1. The van der Waals surface area contributed by atoms with Gasteiger partial charge in [-0.3, -0.25) is 9.89 Å². The maximum atomic E-state index is 13.0. The van der Waals surface area contributed by atoms with Crippen LogP contribution < -0.4 is 4.74 Å². The van der Waals surface area contributed by atoms with Gasteiger partial charge in [0.25, 0.3) is 5.91 Å². The second kappa shape index (κ2) is 6.99. The molecule has 0 aliphatic carbocycles. The van der Waals surface area contributed by atoms with E-state index in [0.717, 1.165) is 30.6 Å². The Balaban J connectivity index is 1.56. The largest absolute Gasteiger partial charge is 0.497 e. The van der Waals surface area contributed by atoms with Gasteiger partial charge in [0.05, 0.1) is 18.8 Å². The van der Waals surface area contributed by atoms with Crippen LogP contribution >= 0.6 is 0 Å². The predicted molar refractivity (Wildman–Crippen MR) is 92.5 cm³/mol. The van der Waals surface area contributed by atoms with E-state index in [9.17, 15) is 4.79 Å². The van der Waals surface area contributed by atoms with Gasteiger partial charge in [0.15, 0.2) is 5.82 Å². The molecule has 0 spiro atoms. The molecule has 0 radical (unpaired) electrons. The zero-order valence-electron chi connectivity index (χ0n) is 14.4. The SMILES string of the molecule is COc1ccc(-c2cc(C(=O)N3CCCCC3c3ncon3)[nH]n2)cc1. The lowest BCUT2D eigenvalue weighted by atomic mass is 10.0. The van der Waals surface area contributed by atoms with E-state index < -0.39 is 0 Å². The van der Waals surface area contributed by atoms with E-state index in [-0.39, 0.29) is 11.9 Å². The van der Waals surface area contributed by atoms with Crippen LogP contribution in [-0.4, -0.2) is 44.8 Å². The number of methoxy groups -OCH3 is 1. The molecule has 3 heterocycles. The fourth-order valence-electron chi connectivity index (χ4n) is 3.26. The minimum Gasteiger partial charge on any atom is -0.497 e. The zero-order chi connectivity index (χ0) is 17.9. The maximum Gasteiger partial charge on any atom is 0.272 e. The summed E-state index contributed by atoms with van der Waals surface area (Å²) >= 11 is 0. The van der Waals surface area contributed by atoms with Gasteiger partial charge in [-0.05, 0) is 49.6 Å². The van der Waals surface area contributed by atoms with Gasteiger partial charge in [-0.2, -0.15) is 10.1 Å². The summed E-state index contributed by atoms with van der Waals surface area (Å²) in [4.78, 5) is 18.9. The van der Waals surface area contributed by atoms with Crippen LogP contribution in [0.5, 0.6) is 5.75 Å². The number of nitrogens with one attached hydrogen (secondary N) is 1. The molecule has 1 amide bonds. The Kier molecular flexibility index (Phi) is 4.39. The highest BCUT2D eigenvalue weighted by atomic mass is 16.5. The number of aromatic amines is 1. The third-order valence-corrected chi connectivity index (χ3v) is 4.63. The molecule has 3 aromatic rings. The van der Waals surface area contributed by atoms with Crippen molar-refractivity contribution in [2.45, 2.75) is 25.3 Å². The molecule has 1 N–H and O–H groups in total. The second-order valence-corrected chi connectivity index (χ2v) is 6.19. The first kappa shape index (κ1) is 16.3. The van der Waals surface area contributed by atoms with Crippen molar-refractivity contribution in [3.8, 4) is 17.0 Å². The molecule has 1 fully saturated rings. The summed E-state index contributed by atoms with van der Waals surface area (Å²) in [6.07, 6.45) is 4.11. The first-order valence-electron chi connectivity index (χ1n) is 8.53. The average molecular weight is 353 g/mol. The summed E-state index contributed by atoms with van der Waals surface area (Å²) in [6, 6.07) is 9.15. The Morgan fingerprint density at radius 3 is 2.88 bits per heavy atom. The van der Waals surface area contributed by atoms with Crippen molar-refractivity contribution in [2.75, 3.05) is 13.7 Å². The molecule has 8 heteroatoms. The van der Waals surface area contributed by atoms with Crippen LogP contribution in [0.15, 0.2) is 41.2 Å². The van der Waals surface area contributed by atoms with E-state index in [1.54, 1.807) is 18.1 Å². The molecular weight excluding hydrogens is 334 g/mol. The maximum absolute atomic E-state index is 13.0. The number of carbonyl (C=O) groups excluding carboxylic acids is 1. The van der Waals surface area contributed by atoms with Crippen LogP contribution in [0.25, 0.3) is 11.3 Å². The molecule has 0 bridgehead atoms. The standard InChI is InChI=1S/C18H19N5O3/c1-25-13-7-5-12(6-8-13)14-10-15(21-20-14)18(24)23-9-3-2-4-16(23)17-19-11-26-22-17/h5-8,10-11,16H,2-4,9H2,1H3,(H,20,21). The quantitative estimate of drug-likeness (QED) is 0.774. The van der Waals surface area contributed by atoms with Gasteiger partial charge < -0.3 is 14.2 Å². The summed E-state index contributed by atoms with van der Waals surface area (Å²) in [5.74, 6) is 1.22. The third kappa shape index (κ3) is 3.05. The van der Waals surface area contributed by atoms with Gasteiger partial charge in [-0.25, -0.2) is 0 Å². The number of likely N-dealkylation sites (tertiary alicyclic amines) is 1. The molecule has 2 aromatic heterocycles. The van der Waals surface area contributed by atoms with Gasteiger partial charge in [0.1, 0.15) is 11.4 Å². The molecule has 1 unspecified atom stereocenters. The second-order valence-electron chi connectivity index (χ2n) is 6.19. The number of rotatable bonds is 4. The summed E-state index contributed by atoms with van der Waals surface area (Å²) in [6.45, 7) is 0.662. The van der Waals surface area contributed by atoms with Crippen LogP contribution in [0.3, 0.4) is 0 Å². The van der Waals surface area contributed by atoms with E-state index in [2.05, 4.69) is 20.3 Å². The molecule has 1 aromatic carbocycles. The molecular formula is C18H19N5O3. The normalized spacial score (nSPS) is 17.3. The van der Waals surface area contributed by atoms with Crippen molar-refractivity contribution >= 4 is 5.91 Å². The lowest BCUT2D eigenvalue weighted by Crippen LogP contribution is -2.39. The van der Waals surface area contributed by atoms with Crippen molar-refractivity contribution < 1.29 is 14.1 Å². The smallest absolute Gasteiger partial charge is 0.272 e. The monoisotopic (exact) mass is 353 g/mol. The Hall–Kier alpha value is -3.16. The van der Waals surface area contributed by atoms with Crippen molar-refractivity contribution in [1.82, 2.24) is 25.2 Å². The minimum atomic E-state index is -0.164. The number of ether oxygens (including phenoxy) is 1. The Morgan fingerprint density at radius 2 is 2.15 bits per heavy atom. The average Bonchev–Trinajstić information content (AvgIpc) is 3.40. The number of amides is 1. The molecule has 1 aliphatic rings. The lowest BCUT2D eigenvalue weighted by Gasteiger charge is -2.33. The number of H-pyrrole nitrogens is 1. The Morgan fingerprint density at radius 1 is 1.31 bits per heavy atom. The molecule has 1 saturated heterocycles. The van der Waals surface area contributed by atoms with E-state index in [1.165, 1.54) is 6.39 Å². The first-order chi connectivity index (χ1) is 12.8. The zero-order valence-corrected chi connectivity index (χ0v) is 14.4.